The highest BCUT2D eigenvalue weighted by Gasteiger charge is 2.31. The molecule has 6 aliphatic rings. The Morgan fingerprint density at radius 3 is 0.900 bits per heavy atom. The number of hydrogen-bond acceptors (Lipinski definition) is 12. The third-order valence-electron chi connectivity index (χ3n) is 9.39. The molecule has 3 aromatic rings. The average Bonchev–Trinajstić information content (AvgIpc) is 3.90. The molecule has 6 saturated heterocycles. The van der Waals surface area contributed by atoms with Crippen LogP contribution in [0.1, 0.15) is 11.1 Å². The number of benzene rings is 3. The Morgan fingerprint density at radius 1 is 0.420 bits per heavy atom. The van der Waals surface area contributed by atoms with Crippen LogP contribution < -0.4 is 28.4 Å². The van der Waals surface area contributed by atoms with Gasteiger partial charge in [0, 0.05) is 0 Å². The molecule has 0 spiro atoms. The van der Waals surface area contributed by atoms with Crippen LogP contribution in [0.4, 0.5) is 0 Å². The summed E-state index contributed by atoms with van der Waals surface area (Å²) in [7, 11) is 0. The van der Waals surface area contributed by atoms with Crippen LogP contribution in [0.2, 0.25) is 0 Å². The standard InChI is InChI=1S/C38H42O12/c1-21-22(2)32(24-7-35(47-17-27-11-41-27)38(50-20-30-14-44-30)36(8-24)48-18-28-12-42-28)4-3-31(21)23-5-33(45-15-25-9-39-25)37(49-19-29-13-43-29)34(6-23)46-16-26-10-40-26/h3-8,25-30H,9-20H2,1-2H3. The predicted octanol–water partition coefficient (Wildman–Crippen LogP) is 4.30. The molecule has 12 nitrogen and oxygen atoms in total. The monoisotopic (exact) mass is 690 g/mol. The highest BCUT2D eigenvalue weighted by Crippen LogP contribution is 2.47. The summed E-state index contributed by atoms with van der Waals surface area (Å²) in [6, 6.07) is 12.4. The lowest BCUT2D eigenvalue weighted by molar-refractivity contribution is 0.208. The Hall–Kier alpha value is -3.78. The first-order chi connectivity index (χ1) is 24.5. The van der Waals surface area contributed by atoms with Crippen LogP contribution in [0.25, 0.3) is 22.3 Å². The van der Waals surface area contributed by atoms with E-state index in [0.717, 1.165) is 33.4 Å². The summed E-state index contributed by atoms with van der Waals surface area (Å²) in [5.74, 6) is 3.59. The van der Waals surface area contributed by atoms with Crippen molar-refractivity contribution < 1.29 is 56.8 Å². The molecule has 0 N–H and O–H groups in total. The van der Waals surface area contributed by atoms with Gasteiger partial charge in [0.25, 0.3) is 0 Å². The Labute approximate surface area is 290 Å². The van der Waals surface area contributed by atoms with Crippen LogP contribution in [0.3, 0.4) is 0 Å². The van der Waals surface area contributed by atoms with Crippen molar-refractivity contribution in [3.8, 4) is 56.8 Å². The molecule has 0 aromatic heterocycles. The molecular formula is C38H42O12. The Bertz CT molecular complexity index is 1500. The van der Waals surface area contributed by atoms with Crippen molar-refractivity contribution in [3.63, 3.8) is 0 Å². The molecule has 6 aliphatic heterocycles. The van der Waals surface area contributed by atoms with E-state index in [9.17, 15) is 0 Å². The second-order valence-corrected chi connectivity index (χ2v) is 13.6. The Morgan fingerprint density at radius 2 is 0.660 bits per heavy atom. The number of hydrogen-bond donors (Lipinski definition) is 0. The van der Waals surface area contributed by atoms with Gasteiger partial charge >= 0.3 is 0 Å². The number of epoxide rings is 6. The molecule has 12 heteroatoms. The van der Waals surface area contributed by atoms with Crippen molar-refractivity contribution in [2.75, 3.05) is 79.3 Å². The Kier molecular flexibility index (Phi) is 8.83. The van der Waals surface area contributed by atoms with E-state index in [-0.39, 0.29) is 36.6 Å². The molecule has 0 saturated carbocycles. The first-order valence-electron chi connectivity index (χ1n) is 17.5. The molecule has 3 aromatic carbocycles. The van der Waals surface area contributed by atoms with Crippen LogP contribution in [0, 0.1) is 13.8 Å². The molecule has 6 unspecified atom stereocenters. The highest BCUT2D eigenvalue weighted by atomic mass is 16.6. The van der Waals surface area contributed by atoms with Crippen LogP contribution in [0.5, 0.6) is 34.5 Å². The number of rotatable bonds is 20. The van der Waals surface area contributed by atoms with E-state index < -0.39 is 0 Å². The van der Waals surface area contributed by atoms with Gasteiger partial charge in [-0.1, -0.05) is 12.1 Å². The highest BCUT2D eigenvalue weighted by molar-refractivity contribution is 5.81. The van der Waals surface area contributed by atoms with Crippen LogP contribution >= 0.6 is 0 Å². The summed E-state index contributed by atoms with van der Waals surface area (Å²) in [6.07, 6.45) is 0.504. The molecule has 9 rings (SSSR count). The van der Waals surface area contributed by atoms with Gasteiger partial charge in [-0.3, -0.25) is 0 Å². The van der Waals surface area contributed by atoms with Crippen molar-refractivity contribution in [2.45, 2.75) is 50.5 Å². The second kappa shape index (κ2) is 13.7. The summed E-state index contributed by atoms with van der Waals surface area (Å²) >= 11 is 0. The molecule has 0 bridgehead atoms. The average molecular weight is 691 g/mol. The lowest BCUT2D eigenvalue weighted by Crippen LogP contribution is -2.12. The van der Waals surface area contributed by atoms with Crippen molar-refractivity contribution >= 4 is 0 Å². The van der Waals surface area contributed by atoms with E-state index >= 15 is 0 Å². The zero-order valence-corrected chi connectivity index (χ0v) is 28.3. The van der Waals surface area contributed by atoms with E-state index in [2.05, 4.69) is 26.0 Å². The summed E-state index contributed by atoms with van der Waals surface area (Å²) < 4.78 is 70.2. The lowest BCUT2D eigenvalue weighted by Gasteiger charge is -2.21. The zero-order valence-electron chi connectivity index (χ0n) is 28.3. The molecule has 6 fully saturated rings. The molecule has 6 atom stereocenters. The Balaban J connectivity index is 1.06. The van der Waals surface area contributed by atoms with Gasteiger partial charge in [0.1, 0.15) is 76.3 Å². The fourth-order valence-electron chi connectivity index (χ4n) is 5.69. The molecule has 266 valence electrons. The maximum Gasteiger partial charge on any atom is 0.203 e. The SMILES string of the molecule is Cc1c(-c2cc(OCC3CO3)c(OCC3CO3)c(OCC3CO3)c2)ccc(-c2cc(OCC3CO3)c(OCC3CO3)c(OCC3CO3)c2)c1C. The number of ether oxygens (including phenoxy) is 12. The molecule has 0 radical (unpaired) electrons. The maximum absolute atomic E-state index is 6.30. The minimum atomic E-state index is 0.0834. The summed E-state index contributed by atoms with van der Waals surface area (Å²) in [6.45, 7) is 11.0. The van der Waals surface area contributed by atoms with Gasteiger partial charge < -0.3 is 56.8 Å². The van der Waals surface area contributed by atoms with E-state index in [1.165, 1.54) is 0 Å². The summed E-state index contributed by atoms with van der Waals surface area (Å²) in [5, 5.41) is 0. The van der Waals surface area contributed by atoms with Crippen molar-refractivity contribution in [2.24, 2.45) is 0 Å². The minimum Gasteiger partial charge on any atom is -0.487 e. The smallest absolute Gasteiger partial charge is 0.203 e. The van der Waals surface area contributed by atoms with E-state index in [1.54, 1.807) is 0 Å². The van der Waals surface area contributed by atoms with Crippen LogP contribution in [-0.2, 0) is 28.4 Å². The van der Waals surface area contributed by atoms with E-state index in [1.807, 2.05) is 24.3 Å². The van der Waals surface area contributed by atoms with Crippen LogP contribution in [-0.4, -0.2) is 116 Å². The maximum atomic E-state index is 6.30. The molecule has 0 aliphatic carbocycles. The molecule has 0 amide bonds. The minimum absolute atomic E-state index is 0.0834. The van der Waals surface area contributed by atoms with Gasteiger partial charge in [-0.15, -0.1) is 0 Å². The third kappa shape index (κ3) is 8.06. The molecule has 50 heavy (non-hydrogen) atoms. The van der Waals surface area contributed by atoms with Gasteiger partial charge in [0.15, 0.2) is 23.0 Å². The quantitative estimate of drug-likeness (QED) is 0.157. The fourth-order valence-corrected chi connectivity index (χ4v) is 5.69. The van der Waals surface area contributed by atoms with Gasteiger partial charge in [0.05, 0.1) is 39.6 Å². The molecule has 6 heterocycles. The van der Waals surface area contributed by atoms with Crippen LogP contribution in [0.15, 0.2) is 36.4 Å². The van der Waals surface area contributed by atoms with Gasteiger partial charge in [0.2, 0.25) is 11.5 Å². The van der Waals surface area contributed by atoms with Gasteiger partial charge in [-0.25, -0.2) is 0 Å². The van der Waals surface area contributed by atoms with E-state index in [4.69, 9.17) is 56.8 Å². The van der Waals surface area contributed by atoms with E-state index in [0.29, 0.717) is 114 Å². The topological polar surface area (TPSA) is 131 Å². The van der Waals surface area contributed by atoms with Gasteiger partial charge in [-0.05, 0) is 71.5 Å². The van der Waals surface area contributed by atoms with Crippen molar-refractivity contribution in [3.05, 3.63) is 47.5 Å². The first kappa shape index (κ1) is 32.1. The van der Waals surface area contributed by atoms with Gasteiger partial charge in [-0.2, -0.15) is 0 Å². The second-order valence-electron chi connectivity index (χ2n) is 13.6. The normalized spacial score (nSPS) is 26.5. The summed E-state index contributed by atoms with van der Waals surface area (Å²) in [4.78, 5) is 0. The first-order valence-corrected chi connectivity index (χ1v) is 17.5. The van der Waals surface area contributed by atoms with Crippen molar-refractivity contribution in [1.29, 1.82) is 0 Å². The molecular weight excluding hydrogens is 648 g/mol. The van der Waals surface area contributed by atoms with Crippen molar-refractivity contribution in [1.82, 2.24) is 0 Å². The zero-order chi connectivity index (χ0) is 33.6. The lowest BCUT2D eigenvalue weighted by atomic mass is 9.90. The fraction of sp³-hybridized carbons (Fsp3) is 0.526. The largest absolute Gasteiger partial charge is 0.487 e. The summed E-state index contributed by atoms with van der Waals surface area (Å²) in [5.41, 5.74) is 6.25. The predicted molar refractivity (Wildman–Crippen MR) is 178 cm³/mol. The third-order valence-corrected chi connectivity index (χ3v) is 9.39.